The van der Waals surface area contributed by atoms with E-state index in [1.807, 2.05) is 11.8 Å². The highest BCUT2D eigenvalue weighted by Crippen LogP contribution is 2.03. The Morgan fingerprint density at radius 3 is 2.54 bits per heavy atom. The number of rotatable bonds is 8. The van der Waals surface area contributed by atoms with Crippen LogP contribution < -0.4 is 5.32 Å². The molecular formula is C10H23NOS. The van der Waals surface area contributed by atoms with E-state index in [4.69, 9.17) is 4.74 Å². The zero-order valence-electron chi connectivity index (χ0n) is 9.30. The summed E-state index contributed by atoms with van der Waals surface area (Å²) in [5, 5.41) is 3.56. The molecule has 0 fully saturated rings. The van der Waals surface area contributed by atoms with Gasteiger partial charge in [-0.05, 0) is 19.1 Å². The number of hydrogen-bond donors (Lipinski definition) is 1. The molecule has 2 atom stereocenters. The molecule has 0 rings (SSSR count). The molecule has 0 aromatic heterocycles. The lowest BCUT2D eigenvalue weighted by atomic mass is 10.2. The highest BCUT2D eigenvalue weighted by molar-refractivity contribution is 7.99. The molecule has 1 N–H and O–H groups in total. The number of methoxy groups -OCH3 is 1. The molecule has 2 nitrogen and oxygen atoms in total. The van der Waals surface area contributed by atoms with E-state index in [2.05, 4.69) is 26.1 Å². The highest BCUT2D eigenvalue weighted by Gasteiger charge is 2.09. The Bertz CT molecular complexity index is 111. The van der Waals surface area contributed by atoms with Crippen LogP contribution in [0, 0.1) is 0 Å². The molecule has 0 spiro atoms. The van der Waals surface area contributed by atoms with E-state index in [1.165, 1.54) is 11.5 Å². The summed E-state index contributed by atoms with van der Waals surface area (Å²) in [6, 6.07) is 1.10. The minimum Gasteiger partial charge on any atom is -0.383 e. The minimum absolute atomic E-state index is 0.512. The lowest BCUT2D eigenvalue weighted by Gasteiger charge is -2.21. The first-order valence-electron chi connectivity index (χ1n) is 5.07. The third kappa shape index (κ3) is 7.35. The molecule has 2 unspecified atom stereocenters. The topological polar surface area (TPSA) is 21.3 Å². The summed E-state index contributed by atoms with van der Waals surface area (Å²) < 4.78 is 5.13. The van der Waals surface area contributed by atoms with Crippen molar-refractivity contribution in [1.29, 1.82) is 0 Å². The summed E-state index contributed by atoms with van der Waals surface area (Å²) in [6.45, 7) is 7.44. The van der Waals surface area contributed by atoms with E-state index >= 15 is 0 Å². The van der Waals surface area contributed by atoms with E-state index in [1.54, 1.807) is 7.11 Å². The molecule has 13 heavy (non-hydrogen) atoms. The second-order valence-electron chi connectivity index (χ2n) is 3.29. The Morgan fingerprint density at radius 2 is 2.08 bits per heavy atom. The molecule has 0 saturated carbocycles. The Kier molecular flexibility index (Phi) is 9.03. The Morgan fingerprint density at radius 1 is 1.38 bits per heavy atom. The van der Waals surface area contributed by atoms with Crippen molar-refractivity contribution in [3.05, 3.63) is 0 Å². The maximum absolute atomic E-state index is 5.13. The molecule has 80 valence electrons. The summed E-state index contributed by atoms with van der Waals surface area (Å²) in [5.74, 6) is 2.39. The van der Waals surface area contributed by atoms with E-state index < -0.39 is 0 Å². The van der Waals surface area contributed by atoms with Gasteiger partial charge in [-0.15, -0.1) is 0 Å². The van der Waals surface area contributed by atoms with E-state index in [0.29, 0.717) is 12.1 Å². The van der Waals surface area contributed by atoms with Crippen molar-refractivity contribution in [3.8, 4) is 0 Å². The molecule has 0 amide bonds. The van der Waals surface area contributed by atoms with Gasteiger partial charge in [0.15, 0.2) is 0 Å². The molecule has 0 aromatic carbocycles. The number of ether oxygens (including phenoxy) is 1. The monoisotopic (exact) mass is 205 g/mol. The van der Waals surface area contributed by atoms with E-state index in [-0.39, 0.29) is 0 Å². The first-order valence-corrected chi connectivity index (χ1v) is 6.22. The van der Waals surface area contributed by atoms with Crippen molar-refractivity contribution in [1.82, 2.24) is 5.32 Å². The van der Waals surface area contributed by atoms with Crippen molar-refractivity contribution < 1.29 is 4.74 Å². The van der Waals surface area contributed by atoms with E-state index in [0.717, 1.165) is 13.0 Å². The molecule has 0 aliphatic heterocycles. The highest BCUT2D eigenvalue weighted by atomic mass is 32.2. The van der Waals surface area contributed by atoms with Gasteiger partial charge in [0, 0.05) is 24.9 Å². The zero-order valence-corrected chi connectivity index (χ0v) is 10.1. The van der Waals surface area contributed by atoms with Crippen LogP contribution >= 0.6 is 11.8 Å². The smallest absolute Gasteiger partial charge is 0.0615 e. The maximum atomic E-state index is 5.13. The van der Waals surface area contributed by atoms with Gasteiger partial charge in [-0.25, -0.2) is 0 Å². The van der Waals surface area contributed by atoms with Crippen LogP contribution in [0.2, 0.25) is 0 Å². The lowest BCUT2D eigenvalue weighted by Crippen LogP contribution is -2.40. The van der Waals surface area contributed by atoms with Crippen molar-refractivity contribution in [2.75, 3.05) is 25.2 Å². The second-order valence-corrected chi connectivity index (χ2v) is 4.61. The Balaban J connectivity index is 3.53. The second kappa shape index (κ2) is 8.85. The summed E-state index contributed by atoms with van der Waals surface area (Å²) in [5.41, 5.74) is 0. The largest absolute Gasteiger partial charge is 0.383 e. The SMILES string of the molecule is CCSCC(C)NC(CC)COC. The first-order chi connectivity index (χ1) is 6.24. The van der Waals surface area contributed by atoms with Crippen molar-refractivity contribution in [2.24, 2.45) is 0 Å². The lowest BCUT2D eigenvalue weighted by molar-refractivity contribution is 0.161. The van der Waals surface area contributed by atoms with Crippen LogP contribution in [0.5, 0.6) is 0 Å². The predicted molar refractivity (Wildman–Crippen MR) is 61.6 cm³/mol. The first kappa shape index (κ1) is 13.3. The van der Waals surface area contributed by atoms with Gasteiger partial charge in [0.1, 0.15) is 0 Å². The Labute approximate surface area is 86.8 Å². The maximum Gasteiger partial charge on any atom is 0.0615 e. The van der Waals surface area contributed by atoms with Gasteiger partial charge in [0.25, 0.3) is 0 Å². The van der Waals surface area contributed by atoms with Gasteiger partial charge < -0.3 is 10.1 Å². The molecule has 0 aromatic rings. The molecule has 0 saturated heterocycles. The van der Waals surface area contributed by atoms with Crippen molar-refractivity contribution >= 4 is 11.8 Å². The average molecular weight is 205 g/mol. The molecule has 0 aliphatic carbocycles. The third-order valence-electron chi connectivity index (χ3n) is 1.95. The van der Waals surface area contributed by atoms with Gasteiger partial charge in [0.05, 0.1) is 6.61 Å². The molecule has 0 aliphatic rings. The molecular weight excluding hydrogens is 182 g/mol. The fourth-order valence-electron chi connectivity index (χ4n) is 1.23. The Hall–Kier alpha value is 0.270. The summed E-state index contributed by atoms with van der Waals surface area (Å²) in [6.07, 6.45) is 1.13. The average Bonchev–Trinajstić information content (AvgIpc) is 2.14. The van der Waals surface area contributed by atoms with Crippen molar-refractivity contribution in [2.45, 2.75) is 39.3 Å². The molecule has 0 heterocycles. The molecule has 3 heteroatoms. The normalized spacial score (nSPS) is 15.7. The van der Waals surface area contributed by atoms with Crippen LogP contribution in [-0.2, 0) is 4.74 Å². The number of thioether (sulfide) groups is 1. The summed E-state index contributed by atoms with van der Waals surface area (Å²) in [7, 11) is 1.76. The van der Waals surface area contributed by atoms with Crippen LogP contribution in [0.15, 0.2) is 0 Å². The standard InChI is InChI=1S/C10H23NOS/c1-5-10(7-12-4)11-9(3)8-13-6-2/h9-11H,5-8H2,1-4H3. The van der Waals surface area contributed by atoms with Gasteiger partial charge in [-0.1, -0.05) is 13.8 Å². The van der Waals surface area contributed by atoms with Crippen LogP contribution in [0.3, 0.4) is 0 Å². The number of hydrogen-bond acceptors (Lipinski definition) is 3. The molecule has 0 radical (unpaired) electrons. The zero-order chi connectivity index (χ0) is 10.1. The quantitative estimate of drug-likeness (QED) is 0.656. The summed E-state index contributed by atoms with van der Waals surface area (Å²) in [4.78, 5) is 0. The fraction of sp³-hybridized carbons (Fsp3) is 1.00. The minimum atomic E-state index is 0.512. The van der Waals surface area contributed by atoms with Crippen LogP contribution in [0.4, 0.5) is 0 Å². The molecule has 0 bridgehead atoms. The van der Waals surface area contributed by atoms with Gasteiger partial charge >= 0.3 is 0 Å². The fourth-order valence-corrected chi connectivity index (χ4v) is 1.92. The third-order valence-corrected chi connectivity index (χ3v) is 3.10. The van der Waals surface area contributed by atoms with Gasteiger partial charge in [-0.3, -0.25) is 0 Å². The van der Waals surface area contributed by atoms with Crippen LogP contribution in [0.1, 0.15) is 27.2 Å². The van der Waals surface area contributed by atoms with E-state index in [9.17, 15) is 0 Å². The number of nitrogens with one attached hydrogen (secondary N) is 1. The predicted octanol–water partition coefficient (Wildman–Crippen LogP) is 2.14. The van der Waals surface area contributed by atoms with Crippen molar-refractivity contribution in [3.63, 3.8) is 0 Å². The summed E-state index contributed by atoms with van der Waals surface area (Å²) >= 11 is 1.98. The van der Waals surface area contributed by atoms with Gasteiger partial charge in [-0.2, -0.15) is 11.8 Å². The van der Waals surface area contributed by atoms with Crippen LogP contribution in [0.25, 0.3) is 0 Å². The van der Waals surface area contributed by atoms with Gasteiger partial charge in [0.2, 0.25) is 0 Å². The van der Waals surface area contributed by atoms with Crippen LogP contribution in [-0.4, -0.2) is 37.3 Å².